The molecule has 0 aromatic heterocycles. The molecule has 0 aliphatic rings. The van der Waals surface area contributed by atoms with E-state index in [1.165, 1.54) is 0 Å². The fraction of sp³-hybridized carbons (Fsp3) is 0.417. The highest BCUT2D eigenvalue weighted by molar-refractivity contribution is 6.33. The summed E-state index contributed by atoms with van der Waals surface area (Å²) < 4.78 is 0. The molecule has 0 unspecified atom stereocenters. The van der Waals surface area contributed by atoms with E-state index >= 15 is 0 Å². The molecule has 0 atom stereocenters. The summed E-state index contributed by atoms with van der Waals surface area (Å²) in [5, 5.41) is 10.0. The van der Waals surface area contributed by atoms with E-state index in [4.69, 9.17) is 28.3 Å². The highest BCUT2D eigenvalue weighted by Gasteiger charge is 2.23. The highest BCUT2D eigenvalue weighted by atomic mass is 35.5. The van der Waals surface area contributed by atoms with Crippen LogP contribution >= 0.6 is 23.2 Å². The van der Waals surface area contributed by atoms with Crippen LogP contribution in [-0.4, -0.2) is 11.1 Å². The van der Waals surface area contributed by atoms with Gasteiger partial charge in [0.25, 0.3) is 0 Å². The van der Waals surface area contributed by atoms with Crippen LogP contribution in [-0.2, 0) is 11.2 Å². The van der Waals surface area contributed by atoms with Crippen LogP contribution in [0.15, 0.2) is 18.2 Å². The zero-order valence-corrected chi connectivity index (χ0v) is 10.8. The molecule has 0 bridgehead atoms. The lowest BCUT2D eigenvalue weighted by atomic mass is 9.83. The Kier molecular flexibility index (Phi) is 4.22. The lowest BCUT2D eigenvalue weighted by Crippen LogP contribution is -2.19. The van der Waals surface area contributed by atoms with E-state index in [0.717, 1.165) is 5.56 Å². The molecule has 16 heavy (non-hydrogen) atoms. The lowest BCUT2D eigenvalue weighted by Gasteiger charge is -2.23. The minimum absolute atomic E-state index is 0.107. The number of hydrogen-bond donors (Lipinski definition) is 1. The molecular formula is C12H14Cl2O2. The van der Waals surface area contributed by atoms with Crippen molar-refractivity contribution in [3.05, 3.63) is 33.8 Å². The van der Waals surface area contributed by atoms with Gasteiger partial charge in [0.15, 0.2) is 0 Å². The van der Waals surface area contributed by atoms with Crippen LogP contribution in [0.25, 0.3) is 0 Å². The first-order valence-electron chi connectivity index (χ1n) is 4.96. The van der Waals surface area contributed by atoms with Gasteiger partial charge in [0.1, 0.15) is 0 Å². The number of benzene rings is 1. The van der Waals surface area contributed by atoms with E-state index in [0.29, 0.717) is 16.5 Å². The van der Waals surface area contributed by atoms with Gasteiger partial charge in [-0.3, -0.25) is 4.79 Å². The van der Waals surface area contributed by atoms with Crippen molar-refractivity contribution >= 4 is 29.2 Å². The second-order valence-corrected chi connectivity index (χ2v) is 5.49. The summed E-state index contributed by atoms with van der Waals surface area (Å²) in [6.45, 7) is 3.80. The largest absolute Gasteiger partial charge is 0.481 e. The quantitative estimate of drug-likeness (QED) is 0.888. The number of aliphatic carboxylic acids is 1. The zero-order valence-electron chi connectivity index (χ0n) is 9.26. The maximum atomic E-state index is 10.7. The maximum absolute atomic E-state index is 10.7. The van der Waals surface area contributed by atoms with Crippen molar-refractivity contribution in [2.75, 3.05) is 0 Å². The summed E-state index contributed by atoms with van der Waals surface area (Å²) in [7, 11) is 0. The summed E-state index contributed by atoms with van der Waals surface area (Å²) in [6.07, 6.45) is 0.703. The Morgan fingerprint density at radius 2 is 2.00 bits per heavy atom. The first-order valence-corrected chi connectivity index (χ1v) is 5.71. The van der Waals surface area contributed by atoms with E-state index < -0.39 is 5.97 Å². The molecule has 2 nitrogen and oxygen atoms in total. The van der Waals surface area contributed by atoms with Crippen molar-refractivity contribution in [2.24, 2.45) is 5.41 Å². The SMILES string of the molecule is CC(C)(CC(=O)O)Cc1cc(Cl)ccc1Cl. The molecule has 88 valence electrons. The van der Waals surface area contributed by atoms with Crippen LogP contribution in [0.4, 0.5) is 0 Å². The van der Waals surface area contributed by atoms with Crippen molar-refractivity contribution in [1.29, 1.82) is 0 Å². The highest BCUT2D eigenvalue weighted by Crippen LogP contribution is 2.30. The Morgan fingerprint density at radius 3 is 2.56 bits per heavy atom. The normalized spacial score (nSPS) is 11.5. The average molecular weight is 261 g/mol. The fourth-order valence-corrected chi connectivity index (χ4v) is 2.05. The van der Waals surface area contributed by atoms with Crippen LogP contribution in [0.5, 0.6) is 0 Å². The van der Waals surface area contributed by atoms with E-state index in [1.807, 2.05) is 13.8 Å². The van der Waals surface area contributed by atoms with Crippen molar-refractivity contribution < 1.29 is 9.90 Å². The van der Waals surface area contributed by atoms with Crippen molar-refractivity contribution in [3.63, 3.8) is 0 Å². The number of carbonyl (C=O) groups is 1. The topological polar surface area (TPSA) is 37.3 Å². The van der Waals surface area contributed by atoms with Gasteiger partial charge in [0.05, 0.1) is 6.42 Å². The van der Waals surface area contributed by atoms with Crippen LogP contribution in [0, 0.1) is 5.41 Å². The van der Waals surface area contributed by atoms with E-state index in [1.54, 1.807) is 18.2 Å². The van der Waals surface area contributed by atoms with Crippen molar-refractivity contribution in [2.45, 2.75) is 26.7 Å². The first kappa shape index (κ1) is 13.3. The minimum Gasteiger partial charge on any atom is -0.481 e. The first-order chi connectivity index (χ1) is 7.30. The number of hydrogen-bond acceptors (Lipinski definition) is 1. The predicted octanol–water partition coefficient (Wildman–Crippen LogP) is 4.04. The Bertz CT molecular complexity index is 400. The fourth-order valence-electron chi connectivity index (χ4n) is 1.67. The second kappa shape index (κ2) is 5.07. The minimum atomic E-state index is -0.803. The second-order valence-electron chi connectivity index (χ2n) is 4.65. The number of carboxylic acid groups (broad SMARTS) is 1. The van der Waals surface area contributed by atoms with Gasteiger partial charge in [-0.2, -0.15) is 0 Å². The van der Waals surface area contributed by atoms with Gasteiger partial charge < -0.3 is 5.11 Å². The summed E-state index contributed by atoms with van der Waals surface area (Å²) in [5.74, 6) is -0.803. The van der Waals surface area contributed by atoms with Crippen molar-refractivity contribution in [3.8, 4) is 0 Å². The third-order valence-corrected chi connectivity index (χ3v) is 2.91. The summed E-state index contributed by atoms with van der Waals surface area (Å²) >= 11 is 11.9. The molecule has 0 saturated heterocycles. The van der Waals surface area contributed by atoms with E-state index in [-0.39, 0.29) is 11.8 Å². The van der Waals surface area contributed by atoms with Gasteiger partial charge in [-0.15, -0.1) is 0 Å². The molecular weight excluding hydrogens is 247 g/mol. The predicted molar refractivity (Wildman–Crippen MR) is 66.2 cm³/mol. The monoisotopic (exact) mass is 260 g/mol. The van der Waals surface area contributed by atoms with Gasteiger partial charge in [-0.25, -0.2) is 0 Å². The molecule has 1 aromatic carbocycles. The molecule has 1 aromatic rings. The molecule has 0 heterocycles. The molecule has 0 radical (unpaired) electrons. The smallest absolute Gasteiger partial charge is 0.303 e. The molecule has 1 N–H and O–H groups in total. The molecule has 0 fully saturated rings. The van der Waals surface area contributed by atoms with Gasteiger partial charge in [-0.1, -0.05) is 37.0 Å². The molecule has 0 amide bonds. The van der Waals surface area contributed by atoms with E-state index in [9.17, 15) is 4.79 Å². The summed E-state index contributed by atoms with van der Waals surface area (Å²) in [4.78, 5) is 10.7. The third-order valence-electron chi connectivity index (χ3n) is 2.31. The van der Waals surface area contributed by atoms with Gasteiger partial charge in [-0.05, 0) is 35.6 Å². The Labute approximate surface area is 105 Å². The van der Waals surface area contributed by atoms with Crippen LogP contribution in [0.1, 0.15) is 25.8 Å². The maximum Gasteiger partial charge on any atom is 0.303 e. The van der Waals surface area contributed by atoms with Gasteiger partial charge in [0.2, 0.25) is 0 Å². The molecule has 0 saturated carbocycles. The Hall–Kier alpha value is -0.730. The summed E-state index contributed by atoms with van der Waals surface area (Å²) in [6, 6.07) is 5.24. The van der Waals surface area contributed by atoms with Gasteiger partial charge in [0, 0.05) is 10.0 Å². The standard InChI is InChI=1S/C12H14Cl2O2/c1-12(2,7-11(15)16)6-8-5-9(13)3-4-10(8)14/h3-5H,6-7H2,1-2H3,(H,15,16). The molecule has 0 aliphatic heterocycles. The summed E-state index contributed by atoms with van der Waals surface area (Å²) in [5.41, 5.74) is 0.556. The molecule has 0 spiro atoms. The lowest BCUT2D eigenvalue weighted by molar-refractivity contribution is -0.139. The number of rotatable bonds is 4. The molecule has 0 aliphatic carbocycles. The van der Waals surface area contributed by atoms with Crippen LogP contribution < -0.4 is 0 Å². The third kappa shape index (κ3) is 4.03. The van der Waals surface area contributed by atoms with Crippen molar-refractivity contribution in [1.82, 2.24) is 0 Å². The van der Waals surface area contributed by atoms with Gasteiger partial charge >= 0.3 is 5.97 Å². The number of carboxylic acids is 1. The van der Waals surface area contributed by atoms with Crippen LogP contribution in [0.2, 0.25) is 10.0 Å². The number of halogens is 2. The zero-order chi connectivity index (χ0) is 12.3. The molecule has 4 heteroatoms. The average Bonchev–Trinajstić information content (AvgIpc) is 2.08. The Balaban J connectivity index is 2.86. The Morgan fingerprint density at radius 1 is 1.38 bits per heavy atom. The van der Waals surface area contributed by atoms with E-state index in [2.05, 4.69) is 0 Å². The molecule has 1 rings (SSSR count). The van der Waals surface area contributed by atoms with Crippen LogP contribution in [0.3, 0.4) is 0 Å².